The van der Waals surface area contributed by atoms with Gasteiger partial charge in [0, 0.05) is 6.04 Å². The van der Waals surface area contributed by atoms with E-state index in [4.69, 9.17) is 11.0 Å². The van der Waals surface area contributed by atoms with Crippen LogP contribution in [-0.4, -0.2) is 6.04 Å². The summed E-state index contributed by atoms with van der Waals surface area (Å²) in [6.07, 6.45) is 2.44. The molecule has 1 aromatic carbocycles. The number of nitrogens with one attached hydrogen (secondary N) is 1. The molecule has 66 valence electrons. The minimum absolute atomic E-state index is 0.593. The van der Waals surface area contributed by atoms with Gasteiger partial charge in [0.15, 0.2) is 0 Å². The molecule has 0 spiro atoms. The number of anilines is 2. The molecule has 3 nitrogen and oxygen atoms in total. The maximum Gasteiger partial charge on any atom is 0.0992 e. The van der Waals surface area contributed by atoms with Gasteiger partial charge in [0.2, 0.25) is 0 Å². The number of hydrogen-bond donors (Lipinski definition) is 2. The van der Waals surface area contributed by atoms with Crippen LogP contribution in [0, 0.1) is 11.3 Å². The number of nitrogens with zero attached hydrogens (tertiary/aromatic N) is 1. The van der Waals surface area contributed by atoms with E-state index in [-0.39, 0.29) is 0 Å². The molecule has 0 heterocycles. The van der Waals surface area contributed by atoms with E-state index in [9.17, 15) is 0 Å². The van der Waals surface area contributed by atoms with Crippen molar-refractivity contribution in [2.24, 2.45) is 0 Å². The quantitative estimate of drug-likeness (QED) is 0.669. The molecule has 0 aliphatic heterocycles. The van der Waals surface area contributed by atoms with Crippen molar-refractivity contribution >= 4 is 11.4 Å². The lowest BCUT2D eigenvalue weighted by molar-refractivity contribution is 1.16. The van der Waals surface area contributed by atoms with E-state index in [0.29, 0.717) is 17.3 Å². The van der Waals surface area contributed by atoms with Gasteiger partial charge in [-0.25, -0.2) is 0 Å². The SMILES string of the molecule is N#Cc1ccc(NC2CC2)c(N)c1. The Kier molecular flexibility index (Phi) is 1.82. The highest BCUT2D eigenvalue weighted by molar-refractivity contribution is 5.68. The van der Waals surface area contributed by atoms with Crippen molar-refractivity contribution in [3.05, 3.63) is 23.8 Å². The molecule has 0 amide bonds. The Morgan fingerprint density at radius 1 is 1.46 bits per heavy atom. The summed E-state index contributed by atoms with van der Waals surface area (Å²) in [5, 5.41) is 11.9. The molecule has 0 aromatic heterocycles. The zero-order valence-electron chi connectivity index (χ0n) is 7.25. The summed E-state index contributed by atoms with van der Waals surface area (Å²) in [7, 11) is 0. The van der Waals surface area contributed by atoms with Crippen LogP contribution in [0.1, 0.15) is 18.4 Å². The van der Waals surface area contributed by atoms with Gasteiger partial charge in [-0.3, -0.25) is 0 Å². The van der Waals surface area contributed by atoms with Crippen LogP contribution >= 0.6 is 0 Å². The standard InChI is InChI=1S/C10H11N3/c11-6-7-1-4-10(9(12)5-7)13-8-2-3-8/h1,4-5,8,13H,2-3,12H2. The van der Waals surface area contributed by atoms with Crippen molar-refractivity contribution in [2.45, 2.75) is 18.9 Å². The Labute approximate surface area is 77.2 Å². The van der Waals surface area contributed by atoms with Gasteiger partial charge in [0.25, 0.3) is 0 Å². The maximum absolute atomic E-state index is 8.62. The summed E-state index contributed by atoms with van der Waals surface area (Å²) in [5.74, 6) is 0. The molecule has 1 aliphatic rings. The fourth-order valence-electron chi connectivity index (χ4n) is 1.21. The number of nitrogens with two attached hydrogens (primary N) is 1. The van der Waals surface area contributed by atoms with E-state index in [1.54, 1.807) is 12.1 Å². The molecular formula is C10H11N3. The van der Waals surface area contributed by atoms with Gasteiger partial charge in [-0.2, -0.15) is 5.26 Å². The van der Waals surface area contributed by atoms with Crippen LogP contribution in [0.5, 0.6) is 0 Å². The maximum atomic E-state index is 8.62. The lowest BCUT2D eigenvalue weighted by atomic mass is 10.2. The lowest BCUT2D eigenvalue weighted by Gasteiger charge is -2.07. The van der Waals surface area contributed by atoms with E-state index in [2.05, 4.69) is 11.4 Å². The monoisotopic (exact) mass is 173 g/mol. The molecular weight excluding hydrogens is 162 g/mol. The summed E-state index contributed by atoms with van der Waals surface area (Å²) in [6, 6.07) is 7.99. The molecule has 0 bridgehead atoms. The number of nitriles is 1. The van der Waals surface area contributed by atoms with E-state index in [1.807, 2.05) is 6.07 Å². The van der Waals surface area contributed by atoms with E-state index >= 15 is 0 Å². The van der Waals surface area contributed by atoms with Crippen molar-refractivity contribution in [1.82, 2.24) is 0 Å². The molecule has 13 heavy (non-hydrogen) atoms. The summed E-state index contributed by atoms with van der Waals surface area (Å²) < 4.78 is 0. The Balaban J connectivity index is 2.21. The van der Waals surface area contributed by atoms with Gasteiger partial charge in [0.05, 0.1) is 23.0 Å². The smallest absolute Gasteiger partial charge is 0.0992 e. The van der Waals surface area contributed by atoms with Crippen molar-refractivity contribution in [3.63, 3.8) is 0 Å². The molecule has 3 heteroatoms. The number of rotatable bonds is 2. The molecule has 1 saturated carbocycles. The lowest BCUT2D eigenvalue weighted by Crippen LogP contribution is -2.03. The fraction of sp³-hybridized carbons (Fsp3) is 0.300. The predicted octanol–water partition coefficient (Wildman–Crippen LogP) is 1.71. The molecule has 1 fully saturated rings. The zero-order chi connectivity index (χ0) is 9.26. The predicted molar refractivity (Wildman–Crippen MR) is 52.2 cm³/mol. The van der Waals surface area contributed by atoms with Gasteiger partial charge in [0.1, 0.15) is 0 Å². The van der Waals surface area contributed by atoms with Crippen LogP contribution in [0.25, 0.3) is 0 Å². The molecule has 0 atom stereocenters. The number of hydrogen-bond acceptors (Lipinski definition) is 3. The third kappa shape index (κ3) is 1.73. The van der Waals surface area contributed by atoms with Crippen LogP contribution in [-0.2, 0) is 0 Å². The van der Waals surface area contributed by atoms with Crippen LogP contribution in [0.15, 0.2) is 18.2 Å². The molecule has 1 aliphatic carbocycles. The fourth-order valence-corrected chi connectivity index (χ4v) is 1.21. The van der Waals surface area contributed by atoms with Crippen LogP contribution in [0.2, 0.25) is 0 Å². The first-order valence-corrected chi connectivity index (χ1v) is 4.36. The molecule has 0 unspecified atom stereocenters. The Hall–Kier alpha value is -1.69. The second-order valence-corrected chi connectivity index (χ2v) is 3.33. The molecule has 0 radical (unpaired) electrons. The van der Waals surface area contributed by atoms with E-state index < -0.39 is 0 Å². The molecule has 1 aromatic rings. The Bertz CT molecular complexity index is 361. The van der Waals surface area contributed by atoms with Crippen LogP contribution < -0.4 is 11.1 Å². The number of nitrogen functional groups attached to an aromatic ring is 1. The third-order valence-corrected chi connectivity index (χ3v) is 2.12. The van der Waals surface area contributed by atoms with Crippen LogP contribution in [0.4, 0.5) is 11.4 Å². The van der Waals surface area contributed by atoms with Gasteiger partial charge < -0.3 is 11.1 Å². The largest absolute Gasteiger partial charge is 0.397 e. The van der Waals surface area contributed by atoms with Crippen molar-refractivity contribution < 1.29 is 0 Å². The zero-order valence-corrected chi connectivity index (χ0v) is 7.25. The second-order valence-electron chi connectivity index (χ2n) is 3.33. The minimum atomic E-state index is 0.593. The first kappa shape index (κ1) is 7.93. The van der Waals surface area contributed by atoms with Gasteiger partial charge in [-0.1, -0.05) is 0 Å². The summed E-state index contributed by atoms with van der Waals surface area (Å²) >= 11 is 0. The second kappa shape index (κ2) is 2.98. The van der Waals surface area contributed by atoms with Gasteiger partial charge in [-0.05, 0) is 31.0 Å². The van der Waals surface area contributed by atoms with Crippen molar-refractivity contribution in [2.75, 3.05) is 11.1 Å². The highest BCUT2D eigenvalue weighted by atomic mass is 15.0. The topological polar surface area (TPSA) is 61.8 Å². The third-order valence-electron chi connectivity index (χ3n) is 2.12. The normalized spacial score (nSPS) is 15.0. The Morgan fingerprint density at radius 3 is 2.77 bits per heavy atom. The van der Waals surface area contributed by atoms with Gasteiger partial charge in [-0.15, -0.1) is 0 Å². The van der Waals surface area contributed by atoms with E-state index in [1.165, 1.54) is 12.8 Å². The first-order valence-electron chi connectivity index (χ1n) is 4.36. The molecule has 2 rings (SSSR count). The Morgan fingerprint density at radius 2 is 2.23 bits per heavy atom. The minimum Gasteiger partial charge on any atom is -0.397 e. The van der Waals surface area contributed by atoms with Gasteiger partial charge >= 0.3 is 0 Å². The summed E-state index contributed by atoms with van der Waals surface area (Å²) in [5.41, 5.74) is 7.97. The highest BCUT2D eigenvalue weighted by Gasteiger charge is 2.21. The average molecular weight is 173 g/mol. The van der Waals surface area contributed by atoms with Crippen molar-refractivity contribution in [3.8, 4) is 6.07 Å². The first-order chi connectivity index (χ1) is 6.29. The summed E-state index contributed by atoms with van der Waals surface area (Å²) in [6.45, 7) is 0. The summed E-state index contributed by atoms with van der Waals surface area (Å²) in [4.78, 5) is 0. The average Bonchev–Trinajstić information content (AvgIpc) is 2.92. The number of benzene rings is 1. The highest BCUT2D eigenvalue weighted by Crippen LogP contribution is 2.28. The van der Waals surface area contributed by atoms with Crippen molar-refractivity contribution in [1.29, 1.82) is 5.26 Å². The van der Waals surface area contributed by atoms with E-state index in [0.717, 1.165) is 5.69 Å². The van der Waals surface area contributed by atoms with Crippen LogP contribution in [0.3, 0.4) is 0 Å². The molecule has 3 N–H and O–H groups in total. The molecule has 0 saturated heterocycles.